The lowest BCUT2D eigenvalue weighted by molar-refractivity contribution is -0.114. The average Bonchev–Trinajstić information content (AvgIpc) is 3.36. The van der Waals surface area contributed by atoms with E-state index in [1.807, 2.05) is 61.5 Å². The van der Waals surface area contributed by atoms with Crippen LogP contribution < -0.4 is 0 Å². The molecule has 38 heavy (non-hydrogen) atoms. The molecule has 0 N–H and O–H groups in total. The summed E-state index contributed by atoms with van der Waals surface area (Å²) in [5, 5.41) is 21.2. The van der Waals surface area contributed by atoms with Gasteiger partial charge in [-0.1, -0.05) is 41.9 Å². The SMILES string of the molecule is CCOC(=O)c1sc(CC(=O)/C(C#N)=C/c2c(C)n(Cc3ccc(Cl)cc3)c3ccccc23)c(C#N)c1C. The third kappa shape index (κ3) is 5.26. The smallest absolute Gasteiger partial charge is 0.348 e. The predicted molar refractivity (Wildman–Crippen MR) is 149 cm³/mol. The molecule has 0 aliphatic heterocycles. The Balaban J connectivity index is 1.72. The van der Waals surface area contributed by atoms with Crippen molar-refractivity contribution in [3.8, 4) is 12.1 Å². The maximum Gasteiger partial charge on any atom is 0.348 e. The number of hydrogen-bond acceptors (Lipinski definition) is 6. The highest BCUT2D eigenvalue weighted by Gasteiger charge is 2.24. The zero-order chi connectivity index (χ0) is 27.4. The van der Waals surface area contributed by atoms with E-state index in [4.69, 9.17) is 16.3 Å². The van der Waals surface area contributed by atoms with Gasteiger partial charge in [0.1, 0.15) is 17.0 Å². The molecule has 2 aromatic heterocycles. The molecule has 0 aliphatic carbocycles. The highest BCUT2D eigenvalue weighted by atomic mass is 35.5. The van der Waals surface area contributed by atoms with Crippen LogP contribution in [0.15, 0.2) is 54.1 Å². The number of fused-ring (bicyclic) bond motifs is 1. The normalized spacial score (nSPS) is 11.3. The zero-order valence-electron chi connectivity index (χ0n) is 21.2. The van der Waals surface area contributed by atoms with E-state index in [0.717, 1.165) is 39.1 Å². The summed E-state index contributed by atoms with van der Waals surface area (Å²) in [6.07, 6.45) is 1.47. The summed E-state index contributed by atoms with van der Waals surface area (Å²) in [6.45, 7) is 6.13. The molecule has 0 saturated heterocycles. The summed E-state index contributed by atoms with van der Waals surface area (Å²) in [4.78, 5) is 26.3. The fraction of sp³-hybridized carbons (Fsp3) is 0.200. The lowest BCUT2D eigenvalue weighted by Gasteiger charge is -2.09. The van der Waals surface area contributed by atoms with Crippen LogP contribution in [-0.2, 0) is 22.5 Å². The van der Waals surface area contributed by atoms with Crippen molar-refractivity contribution in [1.29, 1.82) is 10.5 Å². The van der Waals surface area contributed by atoms with Gasteiger partial charge in [0.05, 0.1) is 17.7 Å². The van der Waals surface area contributed by atoms with Crippen LogP contribution >= 0.6 is 22.9 Å². The van der Waals surface area contributed by atoms with E-state index in [9.17, 15) is 20.1 Å². The van der Waals surface area contributed by atoms with Crippen LogP contribution in [0.1, 0.15) is 49.4 Å². The molecule has 8 heteroatoms. The molecule has 0 bridgehead atoms. The monoisotopic (exact) mass is 541 g/mol. The Morgan fingerprint density at radius 1 is 1.11 bits per heavy atom. The van der Waals surface area contributed by atoms with Gasteiger partial charge in [0.15, 0.2) is 5.78 Å². The van der Waals surface area contributed by atoms with Crippen LogP contribution in [0.25, 0.3) is 17.0 Å². The second-order valence-electron chi connectivity index (χ2n) is 8.69. The average molecular weight is 542 g/mol. The molecule has 0 fully saturated rings. The zero-order valence-corrected chi connectivity index (χ0v) is 22.7. The van der Waals surface area contributed by atoms with Crippen molar-refractivity contribution >= 4 is 51.7 Å². The molecule has 0 amide bonds. The summed E-state index contributed by atoms with van der Waals surface area (Å²) in [5.41, 5.74) is 4.50. The summed E-state index contributed by atoms with van der Waals surface area (Å²) >= 11 is 7.11. The van der Waals surface area contributed by atoms with E-state index in [1.165, 1.54) is 0 Å². The molecule has 0 unspecified atom stereocenters. The van der Waals surface area contributed by atoms with Crippen LogP contribution in [0.4, 0.5) is 0 Å². The van der Waals surface area contributed by atoms with Crippen LogP contribution in [0, 0.1) is 36.5 Å². The number of aromatic nitrogens is 1. The summed E-state index contributed by atoms with van der Waals surface area (Å²) in [5.74, 6) is -0.944. The Labute approximate surface area is 230 Å². The van der Waals surface area contributed by atoms with Gasteiger partial charge >= 0.3 is 5.97 Å². The van der Waals surface area contributed by atoms with Gasteiger partial charge in [-0.2, -0.15) is 10.5 Å². The van der Waals surface area contributed by atoms with Crippen molar-refractivity contribution in [2.75, 3.05) is 6.61 Å². The highest BCUT2D eigenvalue weighted by molar-refractivity contribution is 7.14. The van der Waals surface area contributed by atoms with Gasteiger partial charge in [-0.3, -0.25) is 4.79 Å². The first-order chi connectivity index (χ1) is 18.3. The van der Waals surface area contributed by atoms with Crippen molar-refractivity contribution in [2.24, 2.45) is 0 Å². The number of halogens is 1. The fourth-order valence-electron chi connectivity index (χ4n) is 4.41. The highest BCUT2D eigenvalue weighted by Crippen LogP contribution is 2.31. The number of ketones is 1. The molecule has 2 heterocycles. The van der Waals surface area contributed by atoms with Gasteiger partial charge in [-0.25, -0.2) is 4.79 Å². The first kappa shape index (κ1) is 26.9. The maximum absolute atomic E-state index is 13.3. The van der Waals surface area contributed by atoms with Crippen molar-refractivity contribution in [1.82, 2.24) is 4.57 Å². The fourth-order valence-corrected chi connectivity index (χ4v) is 5.69. The standard InChI is InChI=1S/C30H24ClN3O3S/c1-4-37-30(36)29-18(2)25(16-33)28(38-29)14-27(35)21(15-32)13-24-19(3)34(26-8-6-5-7-23(24)26)17-20-9-11-22(31)12-10-20/h5-13H,4,14,17H2,1-3H3/b21-13+. The number of Topliss-reactive ketones (excluding diaryl/α,β-unsaturated/α-hetero) is 1. The van der Waals surface area contributed by atoms with Crippen molar-refractivity contribution in [3.05, 3.63) is 96.8 Å². The summed E-state index contributed by atoms with van der Waals surface area (Å²) in [6, 6.07) is 19.6. The summed E-state index contributed by atoms with van der Waals surface area (Å²) < 4.78 is 7.23. The van der Waals surface area contributed by atoms with Crippen LogP contribution in [0.3, 0.4) is 0 Å². The number of nitriles is 2. The molecular formula is C30H24ClN3O3S. The van der Waals surface area contributed by atoms with Gasteiger partial charge in [0.25, 0.3) is 0 Å². The molecule has 0 aliphatic rings. The number of allylic oxidation sites excluding steroid dienone is 1. The van der Waals surface area contributed by atoms with Gasteiger partial charge in [-0.05, 0) is 56.2 Å². The Morgan fingerprint density at radius 3 is 2.47 bits per heavy atom. The second-order valence-corrected chi connectivity index (χ2v) is 10.2. The number of nitrogens with zero attached hydrogens (tertiary/aromatic N) is 3. The van der Waals surface area contributed by atoms with Crippen molar-refractivity contribution < 1.29 is 14.3 Å². The topological polar surface area (TPSA) is 95.9 Å². The minimum absolute atomic E-state index is 0.0184. The van der Waals surface area contributed by atoms with E-state index in [-0.39, 0.29) is 24.2 Å². The molecular weight excluding hydrogens is 518 g/mol. The number of hydrogen-bond donors (Lipinski definition) is 0. The number of thiophene rings is 1. The van der Waals surface area contributed by atoms with Gasteiger partial charge < -0.3 is 9.30 Å². The molecule has 0 spiro atoms. The number of carbonyl (C=O) groups excluding carboxylic acids is 2. The third-order valence-electron chi connectivity index (χ3n) is 6.36. The van der Waals surface area contributed by atoms with Crippen LogP contribution in [0.2, 0.25) is 5.02 Å². The molecule has 4 aromatic rings. The lowest BCUT2D eigenvalue weighted by atomic mass is 10.0. The molecule has 190 valence electrons. The predicted octanol–water partition coefficient (Wildman–Crippen LogP) is 6.79. The number of carbonyl (C=O) groups is 2. The van der Waals surface area contributed by atoms with Gasteiger partial charge in [0.2, 0.25) is 0 Å². The number of rotatable bonds is 8. The minimum atomic E-state index is -0.523. The van der Waals surface area contributed by atoms with E-state index in [0.29, 0.717) is 26.9 Å². The molecule has 6 nitrogen and oxygen atoms in total. The summed E-state index contributed by atoms with van der Waals surface area (Å²) in [7, 11) is 0. The molecule has 2 aromatic carbocycles. The van der Waals surface area contributed by atoms with E-state index < -0.39 is 11.8 Å². The van der Waals surface area contributed by atoms with Gasteiger partial charge in [0, 0.05) is 45.0 Å². The first-order valence-electron chi connectivity index (χ1n) is 12.0. The first-order valence-corrected chi connectivity index (χ1v) is 13.1. The van der Waals surface area contributed by atoms with E-state index in [2.05, 4.69) is 10.6 Å². The van der Waals surface area contributed by atoms with E-state index >= 15 is 0 Å². The van der Waals surface area contributed by atoms with Gasteiger partial charge in [-0.15, -0.1) is 11.3 Å². The second kappa shape index (κ2) is 11.5. The molecule has 0 atom stereocenters. The Kier molecular flexibility index (Phi) is 8.12. The number of esters is 1. The molecule has 0 saturated carbocycles. The van der Waals surface area contributed by atoms with Crippen molar-refractivity contribution in [2.45, 2.75) is 33.7 Å². The molecule has 4 rings (SSSR count). The number of para-hydroxylation sites is 1. The number of ether oxygens (including phenoxy) is 1. The van der Waals surface area contributed by atoms with Crippen LogP contribution in [0.5, 0.6) is 0 Å². The number of benzene rings is 2. The van der Waals surface area contributed by atoms with E-state index in [1.54, 1.807) is 19.9 Å². The minimum Gasteiger partial charge on any atom is -0.462 e. The maximum atomic E-state index is 13.3. The Hall–Kier alpha value is -4.17. The quantitative estimate of drug-likeness (QED) is 0.139. The Bertz CT molecular complexity index is 1660. The molecule has 0 radical (unpaired) electrons. The van der Waals surface area contributed by atoms with Crippen LogP contribution in [-0.4, -0.2) is 22.9 Å². The van der Waals surface area contributed by atoms with Crippen molar-refractivity contribution in [3.63, 3.8) is 0 Å². The third-order valence-corrected chi connectivity index (χ3v) is 7.88. The lowest BCUT2D eigenvalue weighted by Crippen LogP contribution is -2.06. The largest absolute Gasteiger partial charge is 0.462 e. The Morgan fingerprint density at radius 2 is 1.82 bits per heavy atom.